The lowest BCUT2D eigenvalue weighted by molar-refractivity contribution is -0.0607. The van der Waals surface area contributed by atoms with E-state index in [1.807, 2.05) is 12.1 Å². The van der Waals surface area contributed by atoms with Crippen LogP contribution in [-0.2, 0) is 12.8 Å². The van der Waals surface area contributed by atoms with E-state index in [4.69, 9.17) is 10.8 Å². The van der Waals surface area contributed by atoms with E-state index in [0.717, 1.165) is 48.7 Å². The van der Waals surface area contributed by atoms with Gasteiger partial charge < -0.3 is 10.8 Å². The lowest BCUT2D eigenvalue weighted by Gasteiger charge is -2.55. The topological polar surface area (TPSA) is 64.1 Å². The summed E-state index contributed by atoms with van der Waals surface area (Å²) in [4.78, 5) is 0. The van der Waals surface area contributed by atoms with Gasteiger partial charge in [-0.05, 0) is 103 Å². The molecule has 1 heterocycles. The molecule has 1 radical (unpaired) electrons. The van der Waals surface area contributed by atoms with Crippen LogP contribution in [0.3, 0.4) is 0 Å². The van der Waals surface area contributed by atoms with E-state index < -0.39 is 0 Å². The number of hydrogen-bond donors (Lipinski definition) is 2. The van der Waals surface area contributed by atoms with Gasteiger partial charge in [-0.3, -0.25) is 0 Å². The van der Waals surface area contributed by atoms with Crippen molar-refractivity contribution in [3.63, 3.8) is 0 Å². The van der Waals surface area contributed by atoms with Crippen LogP contribution in [0.2, 0.25) is 0 Å². The second-order valence-corrected chi connectivity index (χ2v) is 11.1. The lowest BCUT2D eigenvalue weighted by Crippen LogP contribution is -2.53. The summed E-state index contributed by atoms with van der Waals surface area (Å²) in [7, 11) is 0. The molecule has 3 aliphatic carbocycles. The van der Waals surface area contributed by atoms with Crippen molar-refractivity contribution in [1.29, 1.82) is 0 Å². The Hall–Kier alpha value is -1.65. The van der Waals surface area contributed by atoms with E-state index >= 15 is 0 Å². The Labute approximate surface area is 187 Å². The minimum Gasteiger partial charge on any atom is -0.396 e. The molecule has 0 spiro atoms. The predicted octanol–water partition coefficient (Wildman–Crippen LogP) is 4.28. The highest BCUT2D eigenvalue weighted by Crippen LogP contribution is 2.59. The van der Waals surface area contributed by atoms with Crippen LogP contribution in [0.5, 0.6) is 0 Å². The average Bonchev–Trinajstić information content (AvgIpc) is 3.37. The fourth-order valence-electron chi connectivity index (χ4n) is 8.12. The molecule has 0 bridgehead atoms. The molecule has 2 saturated carbocycles. The SMILES string of the molecule is C[C@@H]1C[C@H]([C@@]2(C)Cc3cnn(-c4cc[c]cc4)c3C[C@@H]2CO)[C@@H](CN)[C@H]2CC[C@H](C)[C@@H]21. The largest absolute Gasteiger partial charge is 0.396 e. The van der Waals surface area contributed by atoms with Crippen molar-refractivity contribution >= 4 is 0 Å². The summed E-state index contributed by atoms with van der Waals surface area (Å²) in [6.07, 6.45) is 7.89. The summed E-state index contributed by atoms with van der Waals surface area (Å²) in [5, 5.41) is 15.3. The molecule has 0 saturated heterocycles. The molecule has 167 valence electrons. The van der Waals surface area contributed by atoms with Gasteiger partial charge in [0.25, 0.3) is 0 Å². The monoisotopic (exact) mass is 420 g/mol. The Morgan fingerprint density at radius 1 is 1.23 bits per heavy atom. The van der Waals surface area contributed by atoms with Crippen molar-refractivity contribution in [2.75, 3.05) is 13.2 Å². The van der Waals surface area contributed by atoms with Gasteiger partial charge in [0, 0.05) is 12.3 Å². The number of nitrogens with zero attached hydrogens (tertiary/aromatic N) is 2. The molecule has 2 fully saturated rings. The molecule has 0 aliphatic heterocycles. The zero-order valence-corrected chi connectivity index (χ0v) is 19.3. The lowest BCUT2D eigenvalue weighted by atomic mass is 9.50. The van der Waals surface area contributed by atoms with Crippen LogP contribution in [0.1, 0.15) is 51.3 Å². The number of fused-ring (bicyclic) bond motifs is 2. The Kier molecular flexibility index (Phi) is 5.50. The molecule has 4 nitrogen and oxygen atoms in total. The van der Waals surface area contributed by atoms with Gasteiger partial charge in [-0.15, -0.1) is 0 Å². The van der Waals surface area contributed by atoms with Crippen LogP contribution in [0.25, 0.3) is 5.69 Å². The molecule has 1 aromatic carbocycles. The van der Waals surface area contributed by atoms with Crippen molar-refractivity contribution < 1.29 is 5.11 Å². The Bertz CT molecular complexity index is 908. The zero-order chi connectivity index (χ0) is 21.8. The van der Waals surface area contributed by atoms with Gasteiger partial charge in [-0.2, -0.15) is 5.10 Å². The van der Waals surface area contributed by atoms with Crippen molar-refractivity contribution in [2.45, 2.75) is 52.9 Å². The van der Waals surface area contributed by atoms with Crippen molar-refractivity contribution in [2.24, 2.45) is 52.6 Å². The van der Waals surface area contributed by atoms with Crippen LogP contribution in [0.4, 0.5) is 0 Å². The van der Waals surface area contributed by atoms with E-state index in [1.165, 1.54) is 30.5 Å². The summed E-state index contributed by atoms with van der Waals surface area (Å²) >= 11 is 0. The first-order valence-electron chi connectivity index (χ1n) is 12.3. The number of nitrogens with two attached hydrogens (primary N) is 1. The van der Waals surface area contributed by atoms with Crippen LogP contribution in [-0.4, -0.2) is 28.0 Å². The highest BCUT2D eigenvalue weighted by Gasteiger charge is 2.55. The molecule has 1 aromatic heterocycles. The Balaban J connectivity index is 1.50. The van der Waals surface area contributed by atoms with E-state index in [-0.39, 0.29) is 17.9 Å². The Morgan fingerprint density at radius 2 is 2.00 bits per heavy atom. The predicted molar refractivity (Wildman–Crippen MR) is 124 cm³/mol. The third-order valence-electron chi connectivity index (χ3n) is 9.64. The smallest absolute Gasteiger partial charge is 0.0649 e. The third kappa shape index (κ3) is 3.29. The maximum absolute atomic E-state index is 10.6. The third-order valence-corrected chi connectivity index (χ3v) is 9.64. The summed E-state index contributed by atoms with van der Waals surface area (Å²) < 4.78 is 2.07. The van der Waals surface area contributed by atoms with E-state index in [0.29, 0.717) is 11.8 Å². The maximum Gasteiger partial charge on any atom is 0.0649 e. The number of aliphatic hydroxyl groups excluding tert-OH is 1. The molecule has 0 amide bonds. The molecule has 0 unspecified atom stereocenters. The van der Waals surface area contributed by atoms with Gasteiger partial charge in [0.1, 0.15) is 0 Å². The molecular formula is C27H38N3O. The fraction of sp³-hybridized carbons (Fsp3) is 0.667. The number of rotatable bonds is 4. The number of aromatic nitrogens is 2. The number of aliphatic hydroxyl groups is 1. The van der Waals surface area contributed by atoms with Gasteiger partial charge in [0.05, 0.1) is 11.9 Å². The maximum atomic E-state index is 10.6. The minimum absolute atomic E-state index is 0.0647. The molecule has 3 aliphatic rings. The minimum atomic E-state index is 0.0647. The highest BCUT2D eigenvalue weighted by atomic mass is 16.3. The summed E-state index contributed by atoms with van der Waals surface area (Å²) in [5.74, 6) is 4.55. The molecule has 5 rings (SSSR count). The average molecular weight is 421 g/mol. The van der Waals surface area contributed by atoms with Crippen molar-refractivity contribution in [3.05, 3.63) is 47.8 Å². The molecule has 2 aromatic rings. The first-order valence-corrected chi connectivity index (χ1v) is 12.3. The van der Waals surface area contributed by atoms with Gasteiger partial charge in [0.15, 0.2) is 0 Å². The van der Waals surface area contributed by atoms with Crippen LogP contribution < -0.4 is 5.73 Å². The normalized spacial score (nSPS) is 39.8. The van der Waals surface area contributed by atoms with Gasteiger partial charge in [0.2, 0.25) is 0 Å². The number of benzene rings is 1. The molecule has 3 N–H and O–H groups in total. The van der Waals surface area contributed by atoms with Crippen LogP contribution >= 0.6 is 0 Å². The number of hydrogen-bond acceptors (Lipinski definition) is 3. The van der Waals surface area contributed by atoms with E-state index in [9.17, 15) is 5.11 Å². The molecule has 4 heteroatoms. The van der Waals surface area contributed by atoms with Crippen LogP contribution in [0.15, 0.2) is 30.5 Å². The summed E-state index contributed by atoms with van der Waals surface area (Å²) in [5.41, 5.74) is 10.2. The van der Waals surface area contributed by atoms with E-state index in [1.54, 1.807) is 0 Å². The van der Waals surface area contributed by atoms with E-state index in [2.05, 4.69) is 49.8 Å². The van der Waals surface area contributed by atoms with Crippen LogP contribution in [0, 0.1) is 52.9 Å². The second-order valence-electron chi connectivity index (χ2n) is 11.1. The highest BCUT2D eigenvalue weighted by molar-refractivity contribution is 5.37. The Morgan fingerprint density at radius 3 is 2.71 bits per heavy atom. The summed E-state index contributed by atoms with van der Waals surface area (Å²) in [6.45, 7) is 8.40. The quantitative estimate of drug-likeness (QED) is 0.776. The van der Waals surface area contributed by atoms with Crippen molar-refractivity contribution in [1.82, 2.24) is 9.78 Å². The van der Waals surface area contributed by atoms with Gasteiger partial charge in [-0.25, -0.2) is 4.68 Å². The van der Waals surface area contributed by atoms with Gasteiger partial charge >= 0.3 is 0 Å². The molecule has 31 heavy (non-hydrogen) atoms. The first kappa shape index (κ1) is 21.2. The molecule has 8 atom stereocenters. The summed E-state index contributed by atoms with van der Waals surface area (Å²) in [6, 6.07) is 11.1. The fourth-order valence-corrected chi connectivity index (χ4v) is 8.12. The molecular weight excluding hydrogens is 382 g/mol. The first-order chi connectivity index (χ1) is 15.0. The standard InChI is InChI=1S/C27H38N3O/c1-17-9-10-22-23(14-28)24(11-18(2)26(17)22)27(3)13-19-15-29-30(21-7-5-4-6-8-21)25(19)12-20(27)16-31/h5-8,15,17-18,20,22-24,26,31H,9-14,16,28H2,1-3H3/t17-,18+,20+,22+,23-,24-,26+,27-/m0/s1. The second kappa shape index (κ2) is 8.04. The van der Waals surface area contributed by atoms with Gasteiger partial charge in [-0.1, -0.05) is 39.3 Å². The zero-order valence-electron chi connectivity index (χ0n) is 19.3. The van der Waals surface area contributed by atoms with Crippen molar-refractivity contribution in [3.8, 4) is 5.69 Å².